The lowest BCUT2D eigenvalue weighted by Crippen LogP contribution is -2.56. The molecule has 0 radical (unpaired) electrons. The van der Waals surface area contributed by atoms with Crippen molar-refractivity contribution in [3.63, 3.8) is 0 Å². The third kappa shape index (κ3) is 2.64. The first-order valence-corrected chi connectivity index (χ1v) is 5.88. The molecule has 0 aliphatic carbocycles. The zero-order valence-electron chi connectivity index (χ0n) is 10.1. The van der Waals surface area contributed by atoms with E-state index < -0.39 is 0 Å². The molecule has 1 aliphatic heterocycles. The van der Waals surface area contributed by atoms with Crippen molar-refractivity contribution in [2.45, 2.75) is 25.9 Å². The molecule has 1 fully saturated rings. The van der Waals surface area contributed by atoms with E-state index in [1.165, 1.54) is 24.3 Å². The predicted molar refractivity (Wildman–Crippen MR) is 64.4 cm³/mol. The number of halogens is 1. The standard InChI is InChI=1S/C13H17FN2O/c1-9-8-16(10(2)7-15-9)13(17)11-3-5-12(14)6-4-11/h3-6,9-10,15H,7-8H2,1-2H3/t9-,10+/m0/s1. The van der Waals surface area contributed by atoms with Gasteiger partial charge in [-0.2, -0.15) is 0 Å². The van der Waals surface area contributed by atoms with Crippen LogP contribution in [0.2, 0.25) is 0 Å². The molecule has 1 aliphatic rings. The van der Waals surface area contributed by atoms with E-state index in [4.69, 9.17) is 0 Å². The van der Waals surface area contributed by atoms with Gasteiger partial charge < -0.3 is 10.2 Å². The molecule has 2 rings (SSSR count). The van der Waals surface area contributed by atoms with E-state index in [0.29, 0.717) is 18.2 Å². The molecule has 3 nitrogen and oxygen atoms in total. The van der Waals surface area contributed by atoms with E-state index in [1.54, 1.807) is 0 Å². The summed E-state index contributed by atoms with van der Waals surface area (Å²) in [6.07, 6.45) is 0. The molecule has 0 unspecified atom stereocenters. The Morgan fingerprint density at radius 3 is 2.65 bits per heavy atom. The fourth-order valence-electron chi connectivity index (χ4n) is 2.06. The summed E-state index contributed by atoms with van der Waals surface area (Å²) in [5.41, 5.74) is 0.548. The summed E-state index contributed by atoms with van der Waals surface area (Å²) in [6.45, 7) is 5.56. The Morgan fingerprint density at radius 2 is 2.00 bits per heavy atom. The third-order valence-electron chi connectivity index (χ3n) is 3.12. The van der Waals surface area contributed by atoms with Gasteiger partial charge in [0.1, 0.15) is 5.82 Å². The molecule has 17 heavy (non-hydrogen) atoms. The summed E-state index contributed by atoms with van der Waals surface area (Å²) in [5, 5.41) is 3.32. The Kier molecular flexibility index (Phi) is 3.43. The Morgan fingerprint density at radius 1 is 1.35 bits per heavy atom. The molecule has 92 valence electrons. The van der Waals surface area contributed by atoms with Gasteiger partial charge in [0, 0.05) is 30.7 Å². The van der Waals surface area contributed by atoms with Crippen molar-refractivity contribution in [3.8, 4) is 0 Å². The van der Waals surface area contributed by atoms with Gasteiger partial charge in [0.15, 0.2) is 0 Å². The van der Waals surface area contributed by atoms with Gasteiger partial charge in [0.25, 0.3) is 5.91 Å². The van der Waals surface area contributed by atoms with E-state index in [9.17, 15) is 9.18 Å². The van der Waals surface area contributed by atoms with Gasteiger partial charge in [-0.15, -0.1) is 0 Å². The molecule has 0 aromatic heterocycles. The molecular weight excluding hydrogens is 219 g/mol. The maximum Gasteiger partial charge on any atom is 0.254 e. The zero-order valence-corrected chi connectivity index (χ0v) is 10.1. The number of carbonyl (C=O) groups is 1. The second kappa shape index (κ2) is 4.84. The van der Waals surface area contributed by atoms with Gasteiger partial charge in [-0.3, -0.25) is 4.79 Å². The number of hydrogen-bond donors (Lipinski definition) is 1. The van der Waals surface area contributed by atoms with Crippen LogP contribution in [0.25, 0.3) is 0 Å². The van der Waals surface area contributed by atoms with Crippen LogP contribution in [0.15, 0.2) is 24.3 Å². The van der Waals surface area contributed by atoms with Crippen molar-refractivity contribution >= 4 is 5.91 Å². The molecule has 0 bridgehead atoms. The largest absolute Gasteiger partial charge is 0.333 e. The van der Waals surface area contributed by atoms with Gasteiger partial charge in [0.2, 0.25) is 0 Å². The van der Waals surface area contributed by atoms with Crippen molar-refractivity contribution in [2.24, 2.45) is 0 Å². The summed E-state index contributed by atoms with van der Waals surface area (Å²) in [4.78, 5) is 14.1. The maximum atomic E-state index is 12.8. The smallest absolute Gasteiger partial charge is 0.254 e. The number of piperazine rings is 1. The van der Waals surface area contributed by atoms with Gasteiger partial charge in [-0.25, -0.2) is 4.39 Å². The summed E-state index contributed by atoms with van der Waals surface area (Å²) in [6, 6.07) is 6.20. The van der Waals surface area contributed by atoms with Crippen LogP contribution in [0.5, 0.6) is 0 Å². The number of nitrogens with one attached hydrogen (secondary N) is 1. The summed E-state index contributed by atoms with van der Waals surface area (Å²) < 4.78 is 12.8. The van der Waals surface area contributed by atoms with Crippen molar-refractivity contribution < 1.29 is 9.18 Å². The molecule has 0 saturated carbocycles. The Hall–Kier alpha value is -1.42. The minimum atomic E-state index is -0.316. The lowest BCUT2D eigenvalue weighted by atomic mass is 10.1. The molecule has 2 atom stereocenters. The number of carbonyl (C=O) groups excluding carboxylic acids is 1. The van der Waals surface area contributed by atoms with Crippen LogP contribution >= 0.6 is 0 Å². The lowest BCUT2D eigenvalue weighted by molar-refractivity contribution is 0.0616. The number of benzene rings is 1. The lowest BCUT2D eigenvalue weighted by Gasteiger charge is -2.37. The molecule has 1 aromatic rings. The summed E-state index contributed by atoms with van der Waals surface area (Å²) in [5.74, 6) is -0.339. The van der Waals surface area contributed by atoms with Crippen LogP contribution in [-0.4, -0.2) is 36.0 Å². The maximum absolute atomic E-state index is 12.8. The first-order valence-electron chi connectivity index (χ1n) is 5.88. The van der Waals surface area contributed by atoms with Gasteiger partial charge in [-0.05, 0) is 38.1 Å². The summed E-state index contributed by atoms with van der Waals surface area (Å²) >= 11 is 0. The van der Waals surface area contributed by atoms with Crippen molar-refractivity contribution in [2.75, 3.05) is 13.1 Å². The van der Waals surface area contributed by atoms with Crippen LogP contribution in [-0.2, 0) is 0 Å². The molecule has 1 saturated heterocycles. The highest BCUT2D eigenvalue weighted by Gasteiger charge is 2.27. The van der Waals surface area contributed by atoms with E-state index in [2.05, 4.69) is 12.2 Å². The van der Waals surface area contributed by atoms with Gasteiger partial charge >= 0.3 is 0 Å². The van der Waals surface area contributed by atoms with Gasteiger partial charge in [-0.1, -0.05) is 0 Å². The highest BCUT2D eigenvalue weighted by atomic mass is 19.1. The summed E-state index contributed by atoms with van der Waals surface area (Å²) in [7, 11) is 0. The number of hydrogen-bond acceptors (Lipinski definition) is 2. The van der Waals surface area contributed by atoms with E-state index in [-0.39, 0.29) is 17.8 Å². The van der Waals surface area contributed by atoms with Crippen molar-refractivity contribution in [1.29, 1.82) is 0 Å². The van der Waals surface area contributed by atoms with Crippen LogP contribution in [0.3, 0.4) is 0 Å². The fourth-order valence-corrected chi connectivity index (χ4v) is 2.06. The van der Waals surface area contributed by atoms with E-state index >= 15 is 0 Å². The quantitative estimate of drug-likeness (QED) is 0.804. The van der Waals surface area contributed by atoms with Crippen LogP contribution in [0.1, 0.15) is 24.2 Å². The predicted octanol–water partition coefficient (Wildman–Crippen LogP) is 1.65. The Balaban J connectivity index is 2.15. The van der Waals surface area contributed by atoms with Crippen molar-refractivity contribution in [3.05, 3.63) is 35.6 Å². The topological polar surface area (TPSA) is 32.3 Å². The minimum absolute atomic E-state index is 0.0224. The van der Waals surface area contributed by atoms with Crippen molar-refractivity contribution in [1.82, 2.24) is 10.2 Å². The number of amides is 1. The monoisotopic (exact) mass is 236 g/mol. The molecular formula is C13H17FN2O. The molecule has 1 N–H and O–H groups in total. The molecule has 1 heterocycles. The number of nitrogens with zero attached hydrogens (tertiary/aromatic N) is 1. The highest BCUT2D eigenvalue weighted by Crippen LogP contribution is 2.13. The first-order chi connectivity index (χ1) is 8.08. The number of rotatable bonds is 1. The third-order valence-corrected chi connectivity index (χ3v) is 3.12. The van der Waals surface area contributed by atoms with E-state index in [1.807, 2.05) is 11.8 Å². The fraction of sp³-hybridized carbons (Fsp3) is 0.462. The van der Waals surface area contributed by atoms with Crippen LogP contribution in [0, 0.1) is 5.82 Å². The average Bonchev–Trinajstić information content (AvgIpc) is 2.32. The second-order valence-electron chi connectivity index (χ2n) is 4.62. The first kappa shape index (κ1) is 12.0. The molecule has 4 heteroatoms. The van der Waals surface area contributed by atoms with Crippen LogP contribution in [0.4, 0.5) is 4.39 Å². The Bertz CT molecular complexity index is 404. The molecule has 0 spiro atoms. The highest BCUT2D eigenvalue weighted by molar-refractivity contribution is 5.94. The molecule has 1 amide bonds. The molecule has 1 aromatic carbocycles. The average molecular weight is 236 g/mol. The minimum Gasteiger partial charge on any atom is -0.333 e. The van der Waals surface area contributed by atoms with Gasteiger partial charge in [0.05, 0.1) is 0 Å². The zero-order chi connectivity index (χ0) is 12.4. The normalized spacial score (nSPS) is 24.8. The second-order valence-corrected chi connectivity index (χ2v) is 4.62. The Labute approximate surface area is 101 Å². The van der Waals surface area contributed by atoms with Crippen LogP contribution < -0.4 is 5.32 Å². The SMILES string of the molecule is C[C@@H]1CN[C@@H](C)CN1C(=O)c1ccc(F)cc1. The van der Waals surface area contributed by atoms with E-state index in [0.717, 1.165) is 6.54 Å².